The van der Waals surface area contributed by atoms with Gasteiger partial charge in [0.25, 0.3) is 0 Å². The first-order chi connectivity index (χ1) is 9.81. The lowest BCUT2D eigenvalue weighted by Crippen LogP contribution is -1.98. The zero-order chi connectivity index (χ0) is 13.5. The van der Waals surface area contributed by atoms with Crippen LogP contribution in [0.2, 0.25) is 0 Å². The number of rotatable bonds is 3. The summed E-state index contributed by atoms with van der Waals surface area (Å²) in [6.07, 6.45) is 2.01. The third kappa shape index (κ3) is 1.94. The van der Waals surface area contributed by atoms with Gasteiger partial charge in [0.2, 0.25) is 5.78 Å². The molecule has 0 atom stereocenters. The van der Waals surface area contributed by atoms with Gasteiger partial charge >= 0.3 is 0 Å². The van der Waals surface area contributed by atoms with E-state index >= 15 is 0 Å². The van der Waals surface area contributed by atoms with Crippen molar-refractivity contribution in [2.75, 3.05) is 0 Å². The zero-order valence-corrected chi connectivity index (χ0v) is 11.0. The standard InChI is InChI=1S/C18H14O2/c19-18(13-6-7-13)17-11-15-10-14(8-9-16(15)20-17)12-4-2-1-3-5-12/h1-5,8-11,13H,6-7H2. The monoisotopic (exact) mass is 262 g/mol. The predicted molar refractivity (Wildman–Crippen MR) is 78.7 cm³/mol. The first-order valence-corrected chi connectivity index (χ1v) is 6.94. The molecule has 1 aromatic heterocycles. The van der Waals surface area contributed by atoms with E-state index in [0.717, 1.165) is 29.4 Å². The second kappa shape index (κ2) is 4.34. The summed E-state index contributed by atoms with van der Waals surface area (Å²) in [6.45, 7) is 0. The van der Waals surface area contributed by atoms with E-state index < -0.39 is 0 Å². The third-order valence-electron chi connectivity index (χ3n) is 3.81. The van der Waals surface area contributed by atoms with Crippen molar-refractivity contribution >= 4 is 16.8 Å². The van der Waals surface area contributed by atoms with Crippen molar-refractivity contribution in [3.63, 3.8) is 0 Å². The number of fused-ring (bicyclic) bond motifs is 1. The Morgan fingerprint density at radius 1 is 0.950 bits per heavy atom. The van der Waals surface area contributed by atoms with E-state index in [2.05, 4.69) is 18.2 Å². The van der Waals surface area contributed by atoms with Crippen molar-refractivity contribution in [2.45, 2.75) is 12.8 Å². The summed E-state index contributed by atoms with van der Waals surface area (Å²) in [5.41, 5.74) is 3.10. The van der Waals surface area contributed by atoms with Gasteiger partial charge in [-0.25, -0.2) is 0 Å². The molecule has 20 heavy (non-hydrogen) atoms. The zero-order valence-electron chi connectivity index (χ0n) is 11.0. The van der Waals surface area contributed by atoms with Crippen molar-refractivity contribution < 1.29 is 9.21 Å². The maximum Gasteiger partial charge on any atom is 0.201 e. The topological polar surface area (TPSA) is 30.2 Å². The van der Waals surface area contributed by atoms with Gasteiger partial charge in [-0.2, -0.15) is 0 Å². The molecule has 1 aliphatic rings. The van der Waals surface area contributed by atoms with E-state index in [-0.39, 0.29) is 11.7 Å². The fourth-order valence-corrected chi connectivity index (χ4v) is 2.52. The normalized spacial score (nSPS) is 14.6. The summed E-state index contributed by atoms with van der Waals surface area (Å²) in [5, 5.41) is 0.996. The Balaban J connectivity index is 1.77. The van der Waals surface area contributed by atoms with Gasteiger partial charge in [-0.1, -0.05) is 36.4 Å². The molecule has 0 saturated heterocycles. The minimum atomic E-state index is 0.155. The molecule has 4 rings (SSSR count). The number of carbonyl (C=O) groups is 1. The quantitative estimate of drug-likeness (QED) is 0.641. The average Bonchev–Trinajstić information content (AvgIpc) is 3.25. The number of ketones is 1. The number of furan rings is 1. The fourth-order valence-electron chi connectivity index (χ4n) is 2.52. The van der Waals surface area contributed by atoms with Crippen molar-refractivity contribution in [3.8, 4) is 11.1 Å². The second-order valence-electron chi connectivity index (χ2n) is 5.37. The largest absolute Gasteiger partial charge is 0.453 e. The van der Waals surface area contributed by atoms with Crippen molar-refractivity contribution in [1.29, 1.82) is 0 Å². The van der Waals surface area contributed by atoms with Crippen LogP contribution in [0.15, 0.2) is 59.0 Å². The highest BCUT2D eigenvalue weighted by molar-refractivity contribution is 6.00. The second-order valence-corrected chi connectivity index (χ2v) is 5.37. The number of hydrogen-bond donors (Lipinski definition) is 0. The molecule has 0 unspecified atom stereocenters. The number of benzene rings is 2. The van der Waals surface area contributed by atoms with Crippen LogP contribution in [0.4, 0.5) is 0 Å². The van der Waals surface area contributed by atoms with Crippen molar-refractivity contribution in [1.82, 2.24) is 0 Å². The van der Waals surface area contributed by atoms with Gasteiger partial charge in [-0.05, 0) is 42.2 Å². The molecule has 0 spiro atoms. The molecular formula is C18H14O2. The Labute approximate surface area is 117 Å². The Kier molecular flexibility index (Phi) is 2.49. The van der Waals surface area contributed by atoms with Gasteiger partial charge in [0.1, 0.15) is 5.58 Å². The summed E-state index contributed by atoms with van der Waals surface area (Å²) in [5.74, 6) is 0.860. The van der Waals surface area contributed by atoms with Gasteiger partial charge in [-0.3, -0.25) is 4.79 Å². The van der Waals surface area contributed by atoms with Crippen LogP contribution in [0.3, 0.4) is 0 Å². The van der Waals surface area contributed by atoms with E-state index in [1.807, 2.05) is 36.4 Å². The molecular weight excluding hydrogens is 248 g/mol. The molecule has 0 N–H and O–H groups in total. The number of Topliss-reactive ketones (excluding diaryl/α,β-unsaturated/α-hetero) is 1. The Morgan fingerprint density at radius 3 is 2.50 bits per heavy atom. The maximum atomic E-state index is 12.0. The number of hydrogen-bond acceptors (Lipinski definition) is 2. The lowest BCUT2D eigenvalue weighted by Gasteiger charge is -2.00. The Bertz CT molecular complexity index is 780. The molecule has 2 heteroatoms. The molecule has 2 aromatic carbocycles. The molecule has 0 radical (unpaired) electrons. The average molecular weight is 262 g/mol. The van der Waals surface area contributed by atoms with Crippen LogP contribution in [0, 0.1) is 5.92 Å². The van der Waals surface area contributed by atoms with Gasteiger partial charge in [0.05, 0.1) is 0 Å². The van der Waals surface area contributed by atoms with E-state index in [4.69, 9.17) is 4.42 Å². The van der Waals surface area contributed by atoms with Crippen molar-refractivity contribution in [3.05, 3.63) is 60.4 Å². The van der Waals surface area contributed by atoms with Crippen LogP contribution in [0.25, 0.3) is 22.1 Å². The van der Waals surface area contributed by atoms with Crippen molar-refractivity contribution in [2.24, 2.45) is 5.92 Å². The molecule has 0 aliphatic heterocycles. The van der Waals surface area contributed by atoms with E-state index in [1.165, 1.54) is 5.56 Å². The molecule has 1 saturated carbocycles. The molecule has 1 heterocycles. The van der Waals surface area contributed by atoms with E-state index in [9.17, 15) is 4.79 Å². The molecule has 0 bridgehead atoms. The lowest BCUT2D eigenvalue weighted by molar-refractivity contribution is 0.0942. The summed E-state index contributed by atoms with van der Waals surface area (Å²) >= 11 is 0. The highest BCUT2D eigenvalue weighted by atomic mass is 16.3. The lowest BCUT2D eigenvalue weighted by atomic mass is 10.0. The molecule has 98 valence electrons. The van der Waals surface area contributed by atoms with E-state index in [0.29, 0.717) is 5.76 Å². The van der Waals surface area contributed by atoms with Gasteiger partial charge < -0.3 is 4.42 Å². The summed E-state index contributed by atoms with van der Waals surface area (Å²) < 4.78 is 5.67. The first-order valence-electron chi connectivity index (χ1n) is 6.94. The minimum absolute atomic E-state index is 0.155. The molecule has 2 nitrogen and oxygen atoms in total. The van der Waals surface area contributed by atoms with E-state index in [1.54, 1.807) is 0 Å². The number of carbonyl (C=O) groups excluding carboxylic acids is 1. The molecule has 1 aliphatic carbocycles. The minimum Gasteiger partial charge on any atom is -0.453 e. The molecule has 0 amide bonds. The Morgan fingerprint density at radius 2 is 1.75 bits per heavy atom. The van der Waals surface area contributed by atoms with Gasteiger partial charge in [-0.15, -0.1) is 0 Å². The molecule has 1 fully saturated rings. The van der Waals surface area contributed by atoms with Crippen LogP contribution in [0.1, 0.15) is 23.4 Å². The summed E-state index contributed by atoms with van der Waals surface area (Å²) in [7, 11) is 0. The summed E-state index contributed by atoms with van der Waals surface area (Å²) in [4.78, 5) is 12.0. The molecule has 3 aromatic rings. The van der Waals surface area contributed by atoms with Gasteiger partial charge in [0.15, 0.2) is 5.76 Å². The van der Waals surface area contributed by atoms with Crippen LogP contribution >= 0.6 is 0 Å². The van der Waals surface area contributed by atoms with Crippen LogP contribution in [-0.4, -0.2) is 5.78 Å². The Hall–Kier alpha value is -2.35. The highest BCUT2D eigenvalue weighted by Crippen LogP contribution is 2.34. The third-order valence-corrected chi connectivity index (χ3v) is 3.81. The fraction of sp³-hybridized carbons (Fsp3) is 0.167. The SMILES string of the molecule is O=C(c1cc2cc(-c3ccccc3)ccc2o1)C1CC1. The maximum absolute atomic E-state index is 12.0. The highest BCUT2D eigenvalue weighted by Gasteiger charge is 2.32. The first kappa shape index (κ1) is 11.5. The van der Waals surface area contributed by atoms with Crippen LogP contribution < -0.4 is 0 Å². The van der Waals surface area contributed by atoms with Crippen LogP contribution in [0.5, 0.6) is 0 Å². The predicted octanol–water partition coefficient (Wildman–Crippen LogP) is 4.69. The van der Waals surface area contributed by atoms with Crippen LogP contribution in [-0.2, 0) is 0 Å². The smallest absolute Gasteiger partial charge is 0.201 e. The van der Waals surface area contributed by atoms with Gasteiger partial charge in [0, 0.05) is 11.3 Å². The summed E-state index contributed by atoms with van der Waals surface area (Å²) in [6, 6.07) is 18.2.